The Balaban J connectivity index is 2.82. The molecule has 0 saturated carbocycles. The summed E-state index contributed by atoms with van der Waals surface area (Å²) in [5.74, 6) is -0.557. The standard InChI is InChI=1S/C8H6BrF2N/c9-8(11)3-1-6(2-4-12)7(10)5-8/h1,3H,2,5H2. The van der Waals surface area contributed by atoms with Crippen molar-refractivity contribution in [1.29, 1.82) is 5.26 Å². The fraction of sp³-hybridized carbons (Fsp3) is 0.375. The van der Waals surface area contributed by atoms with Gasteiger partial charge in [0.25, 0.3) is 0 Å². The van der Waals surface area contributed by atoms with Crippen LogP contribution in [0.15, 0.2) is 23.6 Å². The van der Waals surface area contributed by atoms with Crippen molar-refractivity contribution < 1.29 is 8.78 Å². The molecular weight excluding hydrogens is 228 g/mol. The van der Waals surface area contributed by atoms with Crippen molar-refractivity contribution in [3.8, 4) is 6.07 Å². The molecule has 0 bridgehead atoms. The Morgan fingerprint density at radius 1 is 1.75 bits per heavy atom. The molecule has 0 saturated heterocycles. The van der Waals surface area contributed by atoms with Crippen LogP contribution in [0.4, 0.5) is 8.78 Å². The third kappa shape index (κ3) is 2.15. The Hall–Kier alpha value is -0.690. The van der Waals surface area contributed by atoms with Crippen LogP contribution in [-0.4, -0.2) is 4.58 Å². The zero-order valence-electron chi connectivity index (χ0n) is 6.15. The molecule has 0 spiro atoms. The SMILES string of the molecule is N#CCC1=C(F)CC(F)(Br)C=C1. The van der Waals surface area contributed by atoms with E-state index in [9.17, 15) is 8.78 Å². The molecule has 0 radical (unpaired) electrons. The maximum atomic E-state index is 13.0. The van der Waals surface area contributed by atoms with E-state index in [1.54, 1.807) is 0 Å². The highest BCUT2D eigenvalue weighted by atomic mass is 79.9. The number of rotatable bonds is 1. The average molecular weight is 234 g/mol. The topological polar surface area (TPSA) is 23.8 Å². The molecule has 0 fully saturated rings. The van der Waals surface area contributed by atoms with E-state index in [0.717, 1.165) is 0 Å². The molecule has 1 atom stereocenters. The summed E-state index contributed by atoms with van der Waals surface area (Å²) in [6, 6.07) is 1.81. The Labute approximate surface area is 77.5 Å². The van der Waals surface area contributed by atoms with Crippen LogP contribution in [-0.2, 0) is 0 Å². The van der Waals surface area contributed by atoms with Gasteiger partial charge in [-0.2, -0.15) is 5.26 Å². The summed E-state index contributed by atoms with van der Waals surface area (Å²) < 4.78 is 24.2. The van der Waals surface area contributed by atoms with Gasteiger partial charge in [-0.3, -0.25) is 0 Å². The van der Waals surface area contributed by atoms with Crippen molar-refractivity contribution >= 4 is 15.9 Å². The van der Waals surface area contributed by atoms with Gasteiger partial charge >= 0.3 is 0 Å². The highest BCUT2D eigenvalue weighted by Gasteiger charge is 2.28. The predicted molar refractivity (Wildman–Crippen MR) is 44.9 cm³/mol. The van der Waals surface area contributed by atoms with Crippen molar-refractivity contribution in [2.75, 3.05) is 0 Å². The van der Waals surface area contributed by atoms with E-state index in [0.29, 0.717) is 0 Å². The summed E-state index contributed by atoms with van der Waals surface area (Å²) in [6.45, 7) is 0. The van der Waals surface area contributed by atoms with Crippen molar-refractivity contribution in [2.24, 2.45) is 0 Å². The van der Waals surface area contributed by atoms with E-state index < -0.39 is 10.4 Å². The lowest BCUT2D eigenvalue weighted by Crippen LogP contribution is -2.13. The second-order valence-corrected chi connectivity index (χ2v) is 3.85. The van der Waals surface area contributed by atoms with Gasteiger partial charge in [-0.15, -0.1) is 0 Å². The van der Waals surface area contributed by atoms with Gasteiger partial charge in [-0.25, -0.2) is 8.78 Å². The van der Waals surface area contributed by atoms with E-state index in [4.69, 9.17) is 5.26 Å². The molecule has 0 N–H and O–H groups in total. The number of allylic oxidation sites excluding steroid dienone is 4. The second kappa shape index (κ2) is 3.36. The molecule has 0 aliphatic heterocycles. The number of nitrogens with zero attached hydrogens (tertiary/aromatic N) is 1. The van der Waals surface area contributed by atoms with Crippen molar-refractivity contribution in [1.82, 2.24) is 0 Å². The monoisotopic (exact) mass is 233 g/mol. The molecule has 0 heterocycles. The molecule has 1 rings (SSSR count). The first-order valence-corrected chi connectivity index (χ1v) is 4.16. The first-order chi connectivity index (χ1) is 5.55. The fourth-order valence-corrected chi connectivity index (χ4v) is 1.31. The van der Waals surface area contributed by atoms with Gasteiger partial charge in [0, 0.05) is 6.42 Å². The molecule has 0 aromatic heterocycles. The first kappa shape index (κ1) is 9.40. The van der Waals surface area contributed by atoms with E-state index >= 15 is 0 Å². The lowest BCUT2D eigenvalue weighted by Gasteiger charge is -2.17. The Morgan fingerprint density at radius 3 is 2.92 bits per heavy atom. The number of alkyl halides is 2. The maximum Gasteiger partial charge on any atom is 0.189 e. The van der Waals surface area contributed by atoms with E-state index in [-0.39, 0.29) is 18.4 Å². The zero-order valence-corrected chi connectivity index (χ0v) is 7.74. The van der Waals surface area contributed by atoms with Crippen LogP contribution in [0.25, 0.3) is 0 Å². The Bertz CT molecular complexity index is 286. The summed E-state index contributed by atoms with van der Waals surface area (Å²) in [7, 11) is 0. The van der Waals surface area contributed by atoms with Crippen LogP contribution >= 0.6 is 15.9 Å². The lowest BCUT2D eigenvalue weighted by atomic mass is 10.0. The molecule has 1 aliphatic rings. The van der Waals surface area contributed by atoms with Crippen molar-refractivity contribution in [3.05, 3.63) is 23.6 Å². The van der Waals surface area contributed by atoms with E-state index in [2.05, 4.69) is 15.9 Å². The van der Waals surface area contributed by atoms with Gasteiger partial charge in [0.15, 0.2) is 4.58 Å². The molecule has 0 aromatic rings. The van der Waals surface area contributed by atoms with Crippen LogP contribution in [0.3, 0.4) is 0 Å². The highest BCUT2D eigenvalue weighted by molar-refractivity contribution is 9.10. The van der Waals surface area contributed by atoms with Gasteiger partial charge in [0.05, 0.1) is 12.5 Å². The minimum Gasteiger partial charge on any atom is -0.226 e. The quantitative estimate of drug-likeness (QED) is 0.639. The van der Waals surface area contributed by atoms with Crippen LogP contribution < -0.4 is 0 Å². The number of halogens is 3. The third-order valence-electron chi connectivity index (χ3n) is 1.54. The minimum atomic E-state index is -1.78. The molecule has 1 unspecified atom stereocenters. The maximum absolute atomic E-state index is 13.0. The summed E-state index contributed by atoms with van der Waals surface area (Å²) in [5.41, 5.74) is 0.269. The largest absolute Gasteiger partial charge is 0.226 e. The van der Waals surface area contributed by atoms with Crippen LogP contribution in [0.2, 0.25) is 0 Å². The van der Waals surface area contributed by atoms with Gasteiger partial charge in [0.1, 0.15) is 5.83 Å². The molecule has 1 aliphatic carbocycles. The minimum absolute atomic E-state index is 0.00852. The summed E-state index contributed by atoms with van der Waals surface area (Å²) >= 11 is 2.70. The van der Waals surface area contributed by atoms with Gasteiger partial charge < -0.3 is 0 Å². The third-order valence-corrected chi connectivity index (χ3v) is 2.08. The predicted octanol–water partition coefficient (Wildman–Crippen LogP) is 3.14. The van der Waals surface area contributed by atoms with Gasteiger partial charge in [-0.1, -0.05) is 6.08 Å². The summed E-state index contributed by atoms with van der Waals surface area (Å²) in [4.78, 5) is 0. The smallest absolute Gasteiger partial charge is 0.189 e. The first-order valence-electron chi connectivity index (χ1n) is 3.37. The van der Waals surface area contributed by atoms with Crippen LogP contribution in [0, 0.1) is 11.3 Å². The van der Waals surface area contributed by atoms with E-state index in [1.165, 1.54) is 12.2 Å². The lowest BCUT2D eigenvalue weighted by molar-refractivity contribution is 0.335. The van der Waals surface area contributed by atoms with Gasteiger partial charge in [-0.05, 0) is 27.6 Å². The normalized spacial score (nSPS) is 28.8. The molecule has 1 nitrogen and oxygen atoms in total. The number of hydrogen-bond acceptors (Lipinski definition) is 1. The zero-order chi connectivity index (χ0) is 9.19. The Kier molecular flexibility index (Phi) is 2.63. The summed E-state index contributed by atoms with van der Waals surface area (Å²) in [5, 5.41) is 8.28. The fourth-order valence-electron chi connectivity index (χ4n) is 0.932. The molecule has 0 aromatic carbocycles. The summed E-state index contributed by atoms with van der Waals surface area (Å²) in [6.07, 6.45) is 2.17. The second-order valence-electron chi connectivity index (χ2n) is 2.54. The molecule has 64 valence electrons. The van der Waals surface area contributed by atoms with Crippen molar-refractivity contribution in [3.63, 3.8) is 0 Å². The van der Waals surface area contributed by atoms with Crippen LogP contribution in [0.5, 0.6) is 0 Å². The highest BCUT2D eigenvalue weighted by Crippen LogP contribution is 2.36. The Morgan fingerprint density at radius 2 is 2.42 bits per heavy atom. The number of nitriles is 1. The van der Waals surface area contributed by atoms with Gasteiger partial charge in [0.2, 0.25) is 0 Å². The average Bonchev–Trinajstić information content (AvgIpc) is 1.94. The molecular formula is C8H6BrF2N. The number of hydrogen-bond donors (Lipinski definition) is 0. The van der Waals surface area contributed by atoms with E-state index in [1.807, 2.05) is 6.07 Å². The molecule has 0 amide bonds. The molecule has 4 heteroatoms. The van der Waals surface area contributed by atoms with Crippen LogP contribution in [0.1, 0.15) is 12.8 Å². The molecule has 12 heavy (non-hydrogen) atoms. The van der Waals surface area contributed by atoms with Crippen molar-refractivity contribution in [2.45, 2.75) is 17.4 Å².